The van der Waals surface area contributed by atoms with Crippen molar-refractivity contribution in [3.63, 3.8) is 0 Å². The maximum atomic E-state index is 12.4. The number of ether oxygens (including phenoxy) is 1. The van der Waals surface area contributed by atoms with Gasteiger partial charge < -0.3 is 9.64 Å². The monoisotopic (exact) mass is 327 g/mol. The Balaban J connectivity index is 1.39. The van der Waals surface area contributed by atoms with Crippen LogP contribution in [0.3, 0.4) is 0 Å². The lowest BCUT2D eigenvalue weighted by Gasteiger charge is -2.13. The zero-order chi connectivity index (χ0) is 15.6. The number of rotatable bonds is 4. The fourth-order valence-electron chi connectivity index (χ4n) is 3.44. The Kier molecular flexibility index (Phi) is 4.08. The van der Waals surface area contributed by atoms with Gasteiger partial charge in [0.25, 0.3) is 5.91 Å². The summed E-state index contributed by atoms with van der Waals surface area (Å²) >= 11 is 1.53. The van der Waals surface area contributed by atoms with E-state index in [9.17, 15) is 4.79 Å². The number of hydrogen-bond acceptors (Lipinski definition) is 3. The van der Waals surface area contributed by atoms with Crippen LogP contribution in [0.1, 0.15) is 45.6 Å². The van der Waals surface area contributed by atoms with Gasteiger partial charge >= 0.3 is 0 Å². The molecule has 4 heteroatoms. The first-order chi connectivity index (χ1) is 11.3. The second-order valence-electron chi connectivity index (χ2n) is 6.39. The van der Waals surface area contributed by atoms with Gasteiger partial charge in [-0.25, -0.2) is 0 Å². The third kappa shape index (κ3) is 3.13. The molecule has 1 fully saturated rings. The SMILES string of the molecule is O=C(c1cc(COc2ccc3c(c2)CCC3)cs1)N1CCCC1. The number of carbonyl (C=O) groups excluding carboxylic acids is 1. The fourth-order valence-corrected chi connectivity index (χ4v) is 4.31. The number of likely N-dealkylation sites (tertiary alicyclic amines) is 1. The van der Waals surface area contributed by atoms with Gasteiger partial charge in [-0.3, -0.25) is 4.79 Å². The Labute approximate surface area is 140 Å². The van der Waals surface area contributed by atoms with Crippen LogP contribution in [0.4, 0.5) is 0 Å². The number of nitrogens with zero attached hydrogens (tertiary/aromatic N) is 1. The van der Waals surface area contributed by atoms with E-state index in [1.807, 2.05) is 16.3 Å². The van der Waals surface area contributed by atoms with Crippen molar-refractivity contribution >= 4 is 17.2 Å². The lowest BCUT2D eigenvalue weighted by atomic mass is 10.1. The molecule has 1 amide bonds. The first-order valence-corrected chi connectivity index (χ1v) is 9.29. The van der Waals surface area contributed by atoms with E-state index in [1.165, 1.54) is 41.7 Å². The Hall–Kier alpha value is -1.81. The number of thiophene rings is 1. The maximum Gasteiger partial charge on any atom is 0.263 e. The highest BCUT2D eigenvalue weighted by Gasteiger charge is 2.20. The topological polar surface area (TPSA) is 29.5 Å². The maximum absolute atomic E-state index is 12.4. The number of carbonyl (C=O) groups is 1. The Morgan fingerprint density at radius 1 is 1.09 bits per heavy atom. The minimum absolute atomic E-state index is 0.177. The molecule has 4 rings (SSSR count). The van der Waals surface area contributed by atoms with E-state index in [0.29, 0.717) is 6.61 Å². The molecule has 0 bridgehead atoms. The van der Waals surface area contributed by atoms with E-state index >= 15 is 0 Å². The Bertz CT molecular complexity index is 716. The molecule has 3 nitrogen and oxygen atoms in total. The van der Waals surface area contributed by atoms with Crippen LogP contribution in [0.15, 0.2) is 29.6 Å². The van der Waals surface area contributed by atoms with Gasteiger partial charge in [0.1, 0.15) is 12.4 Å². The number of aryl methyl sites for hydroxylation is 2. The van der Waals surface area contributed by atoms with Crippen molar-refractivity contribution in [2.75, 3.05) is 13.1 Å². The molecule has 1 aromatic heterocycles. The van der Waals surface area contributed by atoms with Crippen LogP contribution >= 0.6 is 11.3 Å². The third-order valence-electron chi connectivity index (χ3n) is 4.73. The van der Waals surface area contributed by atoms with Crippen molar-refractivity contribution in [1.29, 1.82) is 0 Å². The standard InChI is InChI=1S/C19H21NO2S/c21-19(20-8-1-2-9-20)18-10-14(13-23-18)12-22-17-7-6-15-4-3-5-16(15)11-17/h6-7,10-11,13H,1-5,8-9,12H2. The van der Waals surface area contributed by atoms with Gasteiger partial charge in [-0.2, -0.15) is 0 Å². The largest absolute Gasteiger partial charge is 0.489 e. The fraction of sp³-hybridized carbons (Fsp3) is 0.421. The smallest absolute Gasteiger partial charge is 0.263 e. The molecule has 1 aliphatic carbocycles. The molecule has 0 saturated carbocycles. The number of hydrogen-bond donors (Lipinski definition) is 0. The minimum Gasteiger partial charge on any atom is -0.489 e. The van der Waals surface area contributed by atoms with Crippen LogP contribution in [-0.4, -0.2) is 23.9 Å². The lowest BCUT2D eigenvalue weighted by Crippen LogP contribution is -2.26. The summed E-state index contributed by atoms with van der Waals surface area (Å²) in [5, 5.41) is 2.04. The summed E-state index contributed by atoms with van der Waals surface area (Å²) in [4.78, 5) is 15.1. The van der Waals surface area contributed by atoms with Crippen molar-refractivity contribution in [3.8, 4) is 5.75 Å². The molecule has 1 aliphatic heterocycles. The minimum atomic E-state index is 0.177. The molecule has 2 heterocycles. The second kappa shape index (κ2) is 6.36. The Morgan fingerprint density at radius 2 is 1.91 bits per heavy atom. The lowest BCUT2D eigenvalue weighted by molar-refractivity contribution is 0.0797. The summed E-state index contributed by atoms with van der Waals surface area (Å²) < 4.78 is 5.92. The summed E-state index contributed by atoms with van der Waals surface area (Å²) in [5.74, 6) is 1.11. The summed E-state index contributed by atoms with van der Waals surface area (Å²) in [6, 6.07) is 8.41. The van der Waals surface area contributed by atoms with Crippen LogP contribution < -0.4 is 4.74 Å². The van der Waals surface area contributed by atoms with Gasteiger partial charge in [0.2, 0.25) is 0 Å². The van der Waals surface area contributed by atoms with Gasteiger partial charge in [-0.15, -0.1) is 11.3 Å². The molecule has 2 aromatic rings. The highest BCUT2D eigenvalue weighted by molar-refractivity contribution is 7.12. The molecule has 1 saturated heterocycles. The van der Waals surface area contributed by atoms with E-state index in [1.54, 1.807) is 0 Å². The van der Waals surface area contributed by atoms with Crippen LogP contribution in [0.25, 0.3) is 0 Å². The van der Waals surface area contributed by atoms with Crippen LogP contribution in [0.2, 0.25) is 0 Å². The molecule has 120 valence electrons. The van der Waals surface area contributed by atoms with Crippen molar-refractivity contribution < 1.29 is 9.53 Å². The summed E-state index contributed by atoms with van der Waals surface area (Å²) in [5.41, 5.74) is 3.97. The zero-order valence-electron chi connectivity index (χ0n) is 13.2. The van der Waals surface area contributed by atoms with Gasteiger partial charge in [-0.05, 0) is 66.8 Å². The second-order valence-corrected chi connectivity index (χ2v) is 7.30. The van der Waals surface area contributed by atoms with Crippen LogP contribution in [0.5, 0.6) is 5.75 Å². The molecule has 23 heavy (non-hydrogen) atoms. The number of benzene rings is 1. The average Bonchev–Trinajstić information content (AvgIpc) is 3.32. The molecule has 2 aliphatic rings. The van der Waals surface area contributed by atoms with Crippen LogP contribution in [-0.2, 0) is 19.4 Å². The van der Waals surface area contributed by atoms with Crippen molar-refractivity contribution in [2.24, 2.45) is 0 Å². The quantitative estimate of drug-likeness (QED) is 0.848. The predicted octanol–water partition coefficient (Wildman–Crippen LogP) is 4.05. The van der Waals surface area contributed by atoms with Gasteiger partial charge in [0.05, 0.1) is 4.88 Å². The van der Waals surface area contributed by atoms with Gasteiger partial charge in [0.15, 0.2) is 0 Å². The van der Waals surface area contributed by atoms with Crippen molar-refractivity contribution in [1.82, 2.24) is 4.90 Å². The summed E-state index contributed by atoms with van der Waals surface area (Å²) in [7, 11) is 0. The van der Waals surface area contributed by atoms with Gasteiger partial charge in [0, 0.05) is 18.7 Å². The van der Waals surface area contributed by atoms with Crippen molar-refractivity contribution in [2.45, 2.75) is 38.7 Å². The average molecular weight is 327 g/mol. The van der Waals surface area contributed by atoms with Crippen LogP contribution in [0, 0.1) is 0 Å². The third-order valence-corrected chi connectivity index (χ3v) is 5.70. The number of amides is 1. The summed E-state index contributed by atoms with van der Waals surface area (Å²) in [6.45, 7) is 2.33. The zero-order valence-corrected chi connectivity index (χ0v) is 14.0. The van der Waals surface area contributed by atoms with E-state index < -0.39 is 0 Å². The molecule has 0 N–H and O–H groups in total. The molecular weight excluding hydrogens is 306 g/mol. The molecule has 0 radical (unpaired) electrons. The van der Waals surface area contributed by atoms with E-state index in [-0.39, 0.29) is 5.91 Å². The molecule has 0 unspecified atom stereocenters. The first-order valence-electron chi connectivity index (χ1n) is 8.41. The normalized spacial score (nSPS) is 16.6. The summed E-state index contributed by atoms with van der Waals surface area (Å²) in [6.07, 6.45) is 5.88. The molecule has 0 spiro atoms. The highest BCUT2D eigenvalue weighted by Crippen LogP contribution is 2.27. The molecule has 1 aromatic carbocycles. The van der Waals surface area contributed by atoms with Crippen molar-refractivity contribution in [3.05, 3.63) is 51.2 Å². The van der Waals surface area contributed by atoms with E-state index in [2.05, 4.69) is 18.2 Å². The molecular formula is C19H21NO2S. The predicted molar refractivity (Wildman–Crippen MR) is 92.3 cm³/mol. The first kappa shape index (κ1) is 14.8. The molecule has 0 atom stereocenters. The Morgan fingerprint density at radius 3 is 2.78 bits per heavy atom. The van der Waals surface area contributed by atoms with Gasteiger partial charge in [-0.1, -0.05) is 6.07 Å². The van der Waals surface area contributed by atoms with E-state index in [4.69, 9.17) is 4.74 Å². The van der Waals surface area contributed by atoms with E-state index in [0.717, 1.165) is 42.1 Å². The highest BCUT2D eigenvalue weighted by atomic mass is 32.1. The number of fused-ring (bicyclic) bond motifs is 1.